The van der Waals surface area contributed by atoms with Gasteiger partial charge in [-0.1, -0.05) is 0 Å². The molecule has 0 amide bonds. The second kappa shape index (κ2) is 5.88. The summed E-state index contributed by atoms with van der Waals surface area (Å²) in [6.45, 7) is 0. The van der Waals surface area contributed by atoms with Gasteiger partial charge >= 0.3 is 50.3 Å². The molecule has 0 radical (unpaired) electrons. The Kier molecular flexibility index (Phi) is 11.8. The van der Waals surface area contributed by atoms with E-state index in [1.54, 1.807) is 0 Å². The van der Waals surface area contributed by atoms with Crippen molar-refractivity contribution in [2.45, 2.75) is 0 Å². The van der Waals surface area contributed by atoms with Crippen molar-refractivity contribution in [1.82, 2.24) is 0 Å². The summed E-state index contributed by atoms with van der Waals surface area (Å²) in [5, 5.41) is 0. The van der Waals surface area contributed by atoms with Crippen molar-refractivity contribution in [3.05, 3.63) is 0 Å². The molecule has 0 atom stereocenters. The van der Waals surface area contributed by atoms with E-state index in [9.17, 15) is 0 Å². The van der Waals surface area contributed by atoms with Gasteiger partial charge in [-0.15, -0.1) is 0 Å². The monoisotopic (exact) mass is 218 g/mol. The topological polar surface area (TPSA) is 69.2 Å². The van der Waals surface area contributed by atoms with Gasteiger partial charge < -0.3 is 23.3 Å². The normalized spacial score (nSPS) is 7.20. The van der Waals surface area contributed by atoms with Crippen molar-refractivity contribution >= 4 is 57.5 Å². The Morgan fingerprint density at radius 2 is 1.20 bits per heavy atom. The first-order valence-corrected chi connectivity index (χ1v) is 1.64. The predicted octanol–water partition coefficient (Wildman–Crippen LogP) is -2.97. The Balaban J connectivity index is -0.0000000450. The van der Waals surface area contributed by atoms with Crippen LogP contribution < -0.4 is 14.7 Å². The average Bonchev–Trinajstić information content (AvgIpc) is 0.811. The third kappa shape index (κ3) is 25.0. The van der Waals surface area contributed by atoms with Gasteiger partial charge in [-0.25, -0.2) is 0 Å². The van der Waals surface area contributed by atoms with Gasteiger partial charge in [-0.3, -0.25) is 0 Å². The van der Waals surface area contributed by atoms with E-state index < -0.39 is 8.60 Å². The molecule has 0 spiro atoms. The van der Waals surface area contributed by atoms with E-state index in [1.165, 1.54) is 0 Å². The maximum Gasteiger partial charge on any atom is 2.00 e. The molecule has 26 valence electrons. The van der Waals surface area contributed by atoms with Crippen LogP contribution in [-0.2, 0) is 0 Å². The summed E-state index contributed by atoms with van der Waals surface area (Å²) >= 11 is 0. The van der Waals surface area contributed by atoms with Gasteiger partial charge in [0.15, 0.2) is 0 Å². The third-order valence-corrected chi connectivity index (χ3v) is 0. The van der Waals surface area contributed by atoms with Gasteiger partial charge in [-0.2, -0.15) is 0 Å². The zero-order chi connectivity index (χ0) is 3.58. The second-order valence-electron chi connectivity index (χ2n) is 0.224. The Hall–Kier alpha value is 1.88. The summed E-state index contributed by atoms with van der Waals surface area (Å²) in [4.78, 5) is 25.4. The zero-order valence-corrected chi connectivity index (χ0v) is 7.71. The van der Waals surface area contributed by atoms with E-state index in [0.29, 0.717) is 0 Å². The van der Waals surface area contributed by atoms with Crippen LogP contribution in [0.1, 0.15) is 1.43 Å². The van der Waals surface area contributed by atoms with E-state index in [4.69, 9.17) is 14.7 Å². The fourth-order valence-electron chi connectivity index (χ4n) is 0. The first kappa shape index (κ1) is 9.99. The van der Waals surface area contributed by atoms with E-state index in [0.717, 1.165) is 0 Å². The van der Waals surface area contributed by atoms with Gasteiger partial charge in [0.2, 0.25) is 0 Å². The summed E-state index contributed by atoms with van der Waals surface area (Å²) in [5.41, 5.74) is 0. The quantitative estimate of drug-likeness (QED) is 0.321. The van der Waals surface area contributed by atoms with Crippen molar-refractivity contribution in [2.75, 3.05) is 0 Å². The van der Waals surface area contributed by atoms with Crippen LogP contribution >= 0.6 is 8.60 Å². The van der Waals surface area contributed by atoms with Crippen molar-refractivity contribution in [1.29, 1.82) is 0 Å². The molecule has 0 heterocycles. The molecule has 0 aromatic carbocycles. The van der Waals surface area contributed by atoms with Gasteiger partial charge in [-0.05, 0) is 0 Å². The molecule has 0 rings (SSSR count). The van der Waals surface area contributed by atoms with Crippen LogP contribution in [0.25, 0.3) is 0 Å². The summed E-state index contributed by atoms with van der Waals surface area (Å²) in [7, 11) is -3.37. The molecule has 5 heavy (non-hydrogen) atoms. The minimum atomic E-state index is -3.37. The van der Waals surface area contributed by atoms with Gasteiger partial charge in [0.1, 0.15) is 0 Å². The minimum absolute atomic E-state index is 0. The summed E-state index contributed by atoms with van der Waals surface area (Å²) in [6.07, 6.45) is 0. The molecule has 0 bridgehead atoms. The molecule has 0 aliphatic rings. The van der Waals surface area contributed by atoms with Crippen LogP contribution in [0.3, 0.4) is 0 Å². The fourth-order valence-corrected chi connectivity index (χ4v) is 0. The first-order chi connectivity index (χ1) is 1.73. The minimum Gasteiger partial charge on any atom is -0.854 e. The van der Waals surface area contributed by atoms with E-state index >= 15 is 0 Å². The van der Waals surface area contributed by atoms with Crippen LogP contribution in [0.15, 0.2) is 0 Å². The molecule has 0 fully saturated rings. The van der Waals surface area contributed by atoms with E-state index in [-0.39, 0.29) is 50.3 Å². The van der Waals surface area contributed by atoms with Crippen molar-refractivity contribution in [2.24, 2.45) is 0 Å². The summed E-state index contributed by atoms with van der Waals surface area (Å²) < 4.78 is 0. The SMILES string of the molecule is [Ba+2].[H+].[O-]P([O-])[O-]. The maximum atomic E-state index is 8.48. The first-order valence-electron chi connectivity index (χ1n) is 0.548. The summed E-state index contributed by atoms with van der Waals surface area (Å²) in [5.74, 6) is 0. The van der Waals surface area contributed by atoms with Gasteiger partial charge in [0.25, 0.3) is 0 Å². The van der Waals surface area contributed by atoms with Gasteiger partial charge in [0.05, 0.1) is 0 Å². The van der Waals surface area contributed by atoms with Crippen molar-refractivity contribution in [3.63, 3.8) is 0 Å². The van der Waals surface area contributed by atoms with Crippen LogP contribution in [0.5, 0.6) is 0 Å². The Morgan fingerprint density at radius 3 is 1.20 bits per heavy atom. The second-order valence-corrected chi connectivity index (χ2v) is 0.671. The third-order valence-electron chi connectivity index (χ3n) is 0. The molecule has 0 aromatic heterocycles. The number of rotatable bonds is 0. The number of hydrogen-bond acceptors (Lipinski definition) is 3. The van der Waals surface area contributed by atoms with Crippen molar-refractivity contribution < 1.29 is 16.1 Å². The molecule has 0 aliphatic carbocycles. The molecule has 0 aromatic rings. The van der Waals surface area contributed by atoms with Crippen molar-refractivity contribution in [3.8, 4) is 0 Å². The standard InChI is InChI=1S/Ba.O3P/c;1-4(2)3/q+2;-3/p+1. The predicted molar refractivity (Wildman–Crippen MR) is 13.8 cm³/mol. The van der Waals surface area contributed by atoms with E-state index in [1.807, 2.05) is 0 Å². The van der Waals surface area contributed by atoms with Crippen LogP contribution in [0, 0.1) is 0 Å². The van der Waals surface area contributed by atoms with Crippen LogP contribution in [0.4, 0.5) is 0 Å². The molecule has 0 saturated carbocycles. The molecule has 3 nitrogen and oxygen atoms in total. The molecule has 0 N–H and O–H groups in total. The molecular formula is HBaO3P. The molecule has 0 unspecified atom stereocenters. The average molecular weight is 217 g/mol. The van der Waals surface area contributed by atoms with Gasteiger partial charge in [0, 0.05) is 0 Å². The Labute approximate surface area is 72.6 Å². The summed E-state index contributed by atoms with van der Waals surface area (Å²) in [6, 6.07) is 0. The molecule has 5 heteroatoms. The van der Waals surface area contributed by atoms with Crippen LogP contribution in [0.2, 0.25) is 0 Å². The largest absolute Gasteiger partial charge is 2.00 e. The zero-order valence-electron chi connectivity index (χ0n) is 3.38. The molecular weight excluding hydrogens is 216 g/mol. The Morgan fingerprint density at radius 1 is 1.20 bits per heavy atom. The molecule has 0 saturated heterocycles. The van der Waals surface area contributed by atoms with E-state index in [2.05, 4.69) is 0 Å². The van der Waals surface area contributed by atoms with Crippen LogP contribution in [-0.4, -0.2) is 48.9 Å². The number of hydrogen-bond donors (Lipinski definition) is 0. The Bertz CT molecular complexity index is 15.5. The maximum absolute atomic E-state index is 8.48. The fraction of sp³-hybridized carbons (Fsp3) is 0. The smallest absolute Gasteiger partial charge is 0.854 e. The molecule has 0 aliphatic heterocycles.